The number of likely N-dealkylation sites (tertiary alicyclic amines) is 1. The summed E-state index contributed by atoms with van der Waals surface area (Å²) in [5, 5.41) is 2.98. The highest BCUT2D eigenvalue weighted by molar-refractivity contribution is 5.93. The molecule has 0 bridgehead atoms. The van der Waals surface area contributed by atoms with Gasteiger partial charge in [-0.25, -0.2) is 0 Å². The van der Waals surface area contributed by atoms with E-state index in [2.05, 4.69) is 5.32 Å². The number of nitrogens with zero attached hydrogens (tertiary/aromatic N) is 1. The summed E-state index contributed by atoms with van der Waals surface area (Å²) in [6, 6.07) is 15.0. The normalized spacial score (nSPS) is 16.6. The number of amides is 2. The van der Waals surface area contributed by atoms with E-state index in [0.717, 1.165) is 35.6 Å². The quantitative estimate of drug-likeness (QED) is 0.677. The van der Waals surface area contributed by atoms with Crippen LogP contribution in [0.5, 0.6) is 0 Å². The van der Waals surface area contributed by atoms with Gasteiger partial charge in [0.25, 0.3) is 0 Å². The number of nitrogens with one attached hydrogen (secondary N) is 1. The molecule has 2 amide bonds. The molecule has 1 saturated heterocycles. The molecular weight excluding hydrogens is 368 g/mol. The van der Waals surface area contributed by atoms with E-state index in [-0.39, 0.29) is 17.7 Å². The van der Waals surface area contributed by atoms with Crippen molar-refractivity contribution in [1.82, 2.24) is 4.90 Å². The van der Waals surface area contributed by atoms with E-state index >= 15 is 0 Å². The lowest BCUT2D eigenvalue weighted by molar-refractivity contribution is -0.134. The molecule has 4 rings (SSSR count). The van der Waals surface area contributed by atoms with Crippen molar-refractivity contribution < 1.29 is 18.4 Å². The highest BCUT2D eigenvalue weighted by atomic mass is 16.3. The summed E-state index contributed by atoms with van der Waals surface area (Å²) in [6.45, 7) is 1.17. The van der Waals surface area contributed by atoms with Gasteiger partial charge in [-0.1, -0.05) is 0 Å². The number of carbonyl (C=O) groups excluding carboxylic acids is 2. The van der Waals surface area contributed by atoms with Gasteiger partial charge in [0, 0.05) is 37.2 Å². The Morgan fingerprint density at radius 2 is 1.83 bits per heavy atom. The maximum Gasteiger partial charge on any atom is 0.229 e. The molecule has 0 saturated carbocycles. The van der Waals surface area contributed by atoms with Gasteiger partial charge in [0.15, 0.2) is 0 Å². The zero-order valence-electron chi connectivity index (χ0n) is 16.2. The molecule has 1 unspecified atom stereocenters. The molecule has 6 heteroatoms. The van der Waals surface area contributed by atoms with Crippen LogP contribution in [0.3, 0.4) is 0 Å². The van der Waals surface area contributed by atoms with E-state index in [1.165, 1.54) is 0 Å². The van der Waals surface area contributed by atoms with Gasteiger partial charge in [0.05, 0.1) is 18.4 Å². The van der Waals surface area contributed by atoms with E-state index in [1.54, 1.807) is 17.4 Å². The molecule has 1 atom stereocenters. The summed E-state index contributed by atoms with van der Waals surface area (Å²) in [4.78, 5) is 27.0. The molecule has 1 aliphatic heterocycles. The number of carbonyl (C=O) groups is 2. The Morgan fingerprint density at radius 1 is 1.03 bits per heavy atom. The van der Waals surface area contributed by atoms with Crippen molar-refractivity contribution in [2.24, 2.45) is 5.92 Å². The topological polar surface area (TPSA) is 75.7 Å². The molecule has 1 N–H and O–H groups in total. The Kier molecular flexibility index (Phi) is 5.79. The minimum atomic E-state index is -0.193. The lowest BCUT2D eigenvalue weighted by Crippen LogP contribution is -2.43. The smallest absolute Gasteiger partial charge is 0.229 e. The van der Waals surface area contributed by atoms with Gasteiger partial charge in [0.1, 0.15) is 11.5 Å². The molecule has 29 heavy (non-hydrogen) atoms. The summed E-state index contributed by atoms with van der Waals surface area (Å²) >= 11 is 0. The van der Waals surface area contributed by atoms with Crippen LogP contribution >= 0.6 is 0 Å². The summed E-state index contributed by atoms with van der Waals surface area (Å²) in [6.07, 6.45) is 5.86. The van der Waals surface area contributed by atoms with Crippen LogP contribution < -0.4 is 5.32 Å². The monoisotopic (exact) mass is 392 g/mol. The highest BCUT2D eigenvalue weighted by Gasteiger charge is 2.28. The predicted octanol–water partition coefficient (Wildman–Crippen LogP) is 4.35. The van der Waals surface area contributed by atoms with Crippen LogP contribution in [-0.4, -0.2) is 29.8 Å². The molecule has 0 aliphatic carbocycles. The van der Waals surface area contributed by atoms with Crippen LogP contribution in [-0.2, 0) is 16.0 Å². The molecule has 0 radical (unpaired) electrons. The van der Waals surface area contributed by atoms with E-state index in [9.17, 15) is 9.59 Å². The first-order chi connectivity index (χ1) is 14.2. The molecule has 3 heterocycles. The molecule has 6 nitrogen and oxygen atoms in total. The van der Waals surface area contributed by atoms with E-state index < -0.39 is 0 Å². The first-order valence-corrected chi connectivity index (χ1v) is 9.94. The van der Waals surface area contributed by atoms with Gasteiger partial charge in [0.2, 0.25) is 11.8 Å². The summed E-state index contributed by atoms with van der Waals surface area (Å²) in [5.41, 5.74) is 1.70. The van der Waals surface area contributed by atoms with Crippen molar-refractivity contribution in [2.45, 2.75) is 25.7 Å². The van der Waals surface area contributed by atoms with E-state index in [1.807, 2.05) is 48.5 Å². The van der Waals surface area contributed by atoms with Crippen molar-refractivity contribution in [3.63, 3.8) is 0 Å². The van der Waals surface area contributed by atoms with Crippen LogP contribution in [0.15, 0.2) is 69.9 Å². The fraction of sp³-hybridized carbons (Fsp3) is 0.304. The van der Waals surface area contributed by atoms with Crippen LogP contribution in [0.2, 0.25) is 0 Å². The summed E-state index contributed by atoms with van der Waals surface area (Å²) in [7, 11) is 0. The number of benzene rings is 1. The second-order valence-electron chi connectivity index (χ2n) is 7.30. The predicted molar refractivity (Wildman–Crippen MR) is 109 cm³/mol. The number of piperidine rings is 1. The fourth-order valence-corrected chi connectivity index (χ4v) is 3.67. The maximum absolute atomic E-state index is 12.7. The maximum atomic E-state index is 12.7. The lowest BCUT2D eigenvalue weighted by atomic mass is 9.96. The third-order valence-electron chi connectivity index (χ3n) is 5.27. The van der Waals surface area contributed by atoms with Crippen LogP contribution in [0, 0.1) is 5.92 Å². The minimum Gasteiger partial charge on any atom is -0.469 e. The number of hydrogen-bond acceptors (Lipinski definition) is 4. The third kappa shape index (κ3) is 4.77. The fourth-order valence-electron chi connectivity index (χ4n) is 3.67. The molecule has 1 aliphatic rings. The number of furan rings is 2. The number of rotatable bonds is 6. The second kappa shape index (κ2) is 8.82. The standard InChI is InChI=1S/C23H24N2O4/c26-22(12-11-20-5-2-14-28-20)25-13-1-4-18(16-25)23(27)24-19-9-7-17(8-10-19)21-6-3-15-29-21/h2-3,5-10,14-15,18H,1,4,11-13,16H2,(H,24,27). The van der Waals surface area contributed by atoms with Crippen molar-refractivity contribution >= 4 is 17.5 Å². The number of hydrogen-bond donors (Lipinski definition) is 1. The molecule has 0 spiro atoms. The Morgan fingerprint density at radius 3 is 2.55 bits per heavy atom. The first-order valence-electron chi connectivity index (χ1n) is 9.94. The zero-order chi connectivity index (χ0) is 20.1. The van der Waals surface area contributed by atoms with Crippen molar-refractivity contribution in [3.8, 4) is 11.3 Å². The lowest BCUT2D eigenvalue weighted by Gasteiger charge is -2.32. The van der Waals surface area contributed by atoms with Crippen LogP contribution in [0.4, 0.5) is 5.69 Å². The molecule has 1 aromatic carbocycles. The zero-order valence-corrected chi connectivity index (χ0v) is 16.2. The second-order valence-corrected chi connectivity index (χ2v) is 7.30. The average Bonchev–Trinajstić information content (AvgIpc) is 3.47. The average molecular weight is 392 g/mol. The van der Waals surface area contributed by atoms with E-state index in [0.29, 0.717) is 25.9 Å². The Balaban J connectivity index is 1.30. The highest BCUT2D eigenvalue weighted by Crippen LogP contribution is 2.23. The third-order valence-corrected chi connectivity index (χ3v) is 5.27. The number of aryl methyl sites for hydroxylation is 1. The minimum absolute atomic E-state index is 0.0423. The summed E-state index contributed by atoms with van der Waals surface area (Å²) in [5.74, 6) is 1.43. The largest absolute Gasteiger partial charge is 0.469 e. The van der Waals surface area contributed by atoms with Gasteiger partial charge in [-0.05, 0) is 61.4 Å². The van der Waals surface area contributed by atoms with Crippen LogP contribution in [0.1, 0.15) is 25.0 Å². The Bertz CT molecular complexity index is 930. The molecular formula is C23H24N2O4. The van der Waals surface area contributed by atoms with Gasteiger partial charge in [-0.2, -0.15) is 0 Å². The van der Waals surface area contributed by atoms with Gasteiger partial charge >= 0.3 is 0 Å². The molecule has 2 aromatic heterocycles. The van der Waals surface area contributed by atoms with Gasteiger partial charge in [-0.3, -0.25) is 9.59 Å². The van der Waals surface area contributed by atoms with E-state index in [4.69, 9.17) is 8.83 Å². The molecule has 3 aromatic rings. The van der Waals surface area contributed by atoms with Crippen LogP contribution in [0.25, 0.3) is 11.3 Å². The summed E-state index contributed by atoms with van der Waals surface area (Å²) < 4.78 is 10.7. The van der Waals surface area contributed by atoms with Crippen molar-refractivity contribution in [2.75, 3.05) is 18.4 Å². The number of anilines is 1. The van der Waals surface area contributed by atoms with Crippen molar-refractivity contribution in [3.05, 3.63) is 66.8 Å². The Labute approximate surface area is 169 Å². The molecule has 150 valence electrons. The SMILES string of the molecule is O=C(Nc1ccc(-c2ccco2)cc1)C1CCCN(C(=O)CCc2ccco2)C1. The first kappa shape index (κ1) is 19.1. The van der Waals surface area contributed by atoms with Gasteiger partial charge < -0.3 is 19.1 Å². The Hall–Kier alpha value is -3.28. The van der Waals surface area contributed by atoms with Crippen molar-refractivity contribution in [1.29, 1.82) is 0 Å². The molecule has 1 fully saturated rings. The van der Waals surface area contributed by atoms with Gasteiger partial charge in [-0.15, -0.1) is 0 Å².